The van der Waals surface area contributed by atoms with Crippen LogP contribution in [-0.2, 0) is 0 Å². The van der Waals surface area contributed by atoms with Gasteiger partial charge in [-0.3, -0.25) is 9.59 Å². The van der Waals surface area contributed by atoms with Gasteiger partial charge >= 0.3 is 6.36 Å². The lowest BCUT2D eigenvalue weighted by molar-refractivity contribution is -0.274. The molecule has 5 nitrogen and oxygen atoms in total. The van der Waals surface area contributed by atoms with Gasteiger partial charge in [0.2, 0.25) is 0 Å². The molecule has 2 N–H and O–H groups in total. The normalized spacial score (nSPS) is 12.9. The second-order valence-corrected chi connectivity index (χ2v) is 9.72. The molecule has 8 heteroatoms. The fraction of sp³-hybridized carbons (Fsp3) is 0.355. The standard InChI is InChI=1S/C31H35F3N2O3/c1-5-7-27(22-8-10-24(11-9-22)29(37)35-16-6-2)28(23-12-14-26(15-13-23)39-31(32,33)34)36-30(38)25-18-20(3)17-21(4)19-25/h8-15,17-19,27-28H,5-7,16H2,1-4H3,(H,35,37)(H,36,38). The molecule has 2 unspecified atom stereocenters. The number of benzene rings is 3. The van der Waals surface area contributed by atoms with E-state index in [0.29, 0.717) is 29.7 Å². The van der Waals surface area contributed by atoms with Crippen molar-refractivity contribution in [3.63, 3.8) is 0 Å². The van der Waals surface area contributed by atoms with Gasteiger partial charge in [0.05, 0.1) is 6.04 Å². The van der Waals surface area contributed by atoms with Crippen molar-refractivity contribution in [3.8, 4) is 5.75 Å². The number of amides is 2. The Morgan fingerprint density at radius 1 is 0.795 bits per heavy atom. The van der Waals surface area contributed by atoms with Crippen LogP contribution in [0.2, 0.25) is 0 Å². The predicted octanol–water partition coefficient (Wildman–Crippen LogP) is 7.40. The fourth-order valence-electron chi connectivity index (χ4n) is 4.68. The molecule has 3 aromatic rings. The van der Waals surface area contributed by atoms with E-state index in [-0.39, 0.29) is 23.5 Å². The molecule has 2 amide bonds. The third-order valence-electron chi connectivity index (χ3n) is 6.38. The lowest BCUT2D eigenvalue weighted by Crippen LogP contribution is -2.33. The fourth-order valence-corrected chi connectivity index (χ4v) is 4.68. The maximum atomic E-state index is 13.4. The summed E-state index contributed by atoms with van der Waals surface area (Å²) >= 11 is 0. The van der Waals surface area contributed by atoms with E-state index in [4.69, 9.17) is 0 Å². The molecule has 0 bridgehead atoms. The maximum absolute atomic E-state index is 13.4. The molecule has 3 aromatic carbocycles. The number of hydrogen-bond donors (Lipinski definition) is 2. The van der Waals surface area contributed by atoms with Crippen LogP contribution >= 0.6 is 0 Å². The summed E-state index contributed by atoms with van der Waals surface area (Å²) in [5, 5.41) is 6.00. The summed E-state index contributed by atoms with van der Waals surface area (Å²) in [5.41, 5.74) is 4.50. The monoisotopic (exact) mass is 540 g/mol. The number of nitrogens with one attached hydrogen (secondary N) is 2. The van der Waals surface area contributed by atoms with Gasteiger partial charge in [-0.1, -0.05) is 61.7 Å². The summed E-state index contributed by atoms with van der Waals surface area (Å²) in [7, 11) is 0. The lowest BCUT2D eigenvalue weighted by atomic mass is 9.83. The second-order valence-electron chi connectivity index (χ2n) is 9.72. The third kappa shape index (κ3) is 8.60. The van der Waals surface area contributed by atoms with Crippen LogP contribution < -0.4 is 15.4 Å². The minimum atomic E-state index is -4.80. The molecule has 0 saturated heterocycles. The molecule has 0 radical (unpaired) electrons. The van der Waals surface area contributed by atoms with E-state index in [1.807, 2.05) is 45.9 Å². The molecule has 2 atom stereocenters. The van der Waals surface area contributed by atoms with Crippen LogP contribution in [0.25, 0.3) is 0 Å². The van der Waals surface area contributed by atoms with Crippen molar-refractivity contribution >= 4 is 11.8 Å². The van der Waals surface area contributed by atoms with Crippen molar-refractivity contribution in [2.45, 2.75) is 65.3 Å². The minimum Gasteiger partial charge on any atom is -0.406 e. The minimum absolute atomic E-state index is 0.157. The Balaban J connectivity index is 1.99. The van der Waals surface area contributed by atoms with Gasteiger partial charge < -0.3 is 15.4 Å². The Bertz CT molecular complexity index is 1240. The first-order valence-electron chi connectivity index (χ1n) is 13.1. The molecule has 0 aliphatic carbocycles. The van der Waals surface area contributed by atoms with Crippen molar-refractivity contribution in [1.82, 2.24) is 10.6 Å². The Morgan fingerprint density at radius 2 is 1.38 bits per heavy atom. The number of halogens is 3. The average molecular weight is 541 g/mol. The van der Waals surface area contributed by atoms with Crippen LogP contribution in [0.4, 0.5) is 13.2 Å². The van der Waals surface area contributed by atoms with Crippen LogP contribution in [0.15, 0.2) is 66.7 Å². The first-order chi connectivity index (χ1) is 18.5. The number of ether oxygens (including phenoxy) is 1. The van der Waals surface area contributed by atoms with E-state index < -0.39 is 12.4 Å². The van der Waals surface area contributed by atoms with E-state index in [2.05, 4.69) is 15.4 Å². The first-order valence-corrected chi connectivity index (χ1v) is 13.1. The van der Waals surface area contributed by atoms with Gasteiger partial charge in [-0.2, -0.15) is 0 Å². The molecule has 39 heavy (non-hydrogen) atoms. The summed E-state index contributed by atoms with van der Waals surface area (Å²) in [5.74, 6) is -0.971. The van der Waals surface area contributed by atoms with Crippen LogP contribution in [0, 0.1) is 13.8 Å². The third-order valence-corrected chi connectivity index (χ3v) is 6.38. The van der Waals surface area contributed by atoms with E-state index in [0.717, 1.165) is 29.5 Å². The van der Waals surface area contributed by atoms with E-state index in [1.54, 1.807) is 36.4 Å². The summed E-state index contributed by atoms with van der Waals surface area (Å²) in [6, 6.07) is 17.9. The van der Waals surface area contributed by atoms with Crippen molar-refractivity contribution in [2.75, 3.05) is 6.54 Å². The van der Waals surface area contributed by atoms with E-state index in [1.165, 1.54) is 12.1 Å². The van der Waals surface area contributed by atoms with Gasteiger partial charge in [-0.25, -0.2) is 0 Å². The molecule has 0 aliphatic heterocycles. The maximum Gasteiger partial charge on any atom is 0.573 e. The molecule has 0 aromatic heterocycles. The molecular weight excluding hydrogens is 505 g/mol. The molecule has 0 fully saturated rings. The molecule has 208 valence electrons. The van der Waals surface area contributed by atoms with Crippen LogP contribution in [0.3, 0.4) is 0 Å². The van der Waals surface area contributed by atoms with E-state index in [9.17, 15) is 22.8 Å². The highest BCUT2D eigenvalue weighted by atomic mass is 19.4. The molecular formula is C31H35F3N2O3. The largest absolute Gasteiger partial charge is 0.573 e. The zero-order chi connectivity index (χ0) is 28.6. The summed E-state index contributed by atoms with van der Waals surface area (Å²) in [4.78, 5) is 25.8. The number of carbonyl (C=O) groups is 2. The Labute approximate surface area is 227 Å². The number of rotatable bonds is 11. The van der Waals surface area contributed by atoms with Gasteiger partial charge in [-0.05, 0) is 74.2 Å². The highest BCUT2D eigenvalue weighted by Gasteiger charge is 2.32. The second kappa shape index (κ2) is 13.3. The quantitative estimate of drug-likeness (QED) is 0.266. The number of hydrogen-bond acceptors (Lipinski definition) is 3. The van der Waals surface area contributed by atoms with Crippen molar-refractivity contribution in [1.29, 1.82) is 0 Å². The SMILES string of the molecule is CCCNC(=O)c1ccc(C(CCC)C(NC(=O)c2cc(C)cc(C)c2)c2ccc(OC(F)(F)F)cc2)cc1. The number of aryl methyl sites for hydroxylation is 2. The van der Waals surface area contributed by atoms with Gasteiger partial charge in [0, 0.05) is 23.6 Å². The summed E-state index contributed by atoms with van der Waals surface area (Å²) < 4.78 is 42.2. The zero-order valence-corrected chi connectivity index (χ0v) is 22.7. The van der Waals surface area contributed by atoms with Crippen molar-refractivity contribution < 1.29 is 27.5 Å². The molecule has 0 heterocycles. The Morgan fingerprint density at radius 3 is 1.92 bits per heavy atom. The van der Waals surface area contributed by atoms with E-state index >= 15 is 0 Å². The van der Waals surface area contributed by atoms with Crippen LogP contribution in [0.1, 0.15) is 88.0 Å². The Hall–Kier alpha value is -3.81. The smallest absolute Gasteiger partial charge is 0.406 e. The topological polar surface area (TPSA) is 67.4 Å². The molecule has 0 spiro atoms. The molecule has 0 saturated carbocycles. The Kier molecular flexibility index (Phi) is 10.2. The predicted molar refractivity (Wildman–Crippen MR) is 146 cm³/mol. The van der Waals surface area contributed by atoms with Gasteiger partial charge in [0.25, 0.3) is 11.8 Å². The van der Waals surface area contributed by atoms with Crippen LogP contribution in [-0.4, -0.2) is 24.7 Å². The molecule has 0 aliphatic rings. The number of alkyl halides is 3. The highest BCUT2D eigenvalue weighted by Crippen LogP contribution is 2.36. The summed E-state index contributed by atoms with van der Waals surface area (Å²) in [6.07, 6.45) is -2.47. The molecule has 3 rings (SSSR count). The number of carbonyl (C=O) groups excluding carboxylic acids is 2. The summed E-state index contributed by atoms with van der Waals surface area (Å²) in [6.45, 7) is 8.42. The average Bonchev–Trinajstić information content (AvgIpc) is 2.88. The lowest BCUT2D eigenvalue weighted by Gasteiger charge is -2.29. The highest BCUT2D eigenvalue weighted by molar-refractivity contribution is 5.95. The van der Waals surface area contributed by atoms with Gasteiger partial charge in [-0.15, -0.1) is 13.2 Å². The van der Waals surface area contributed by atoms with Crippen LogP contribution in [0.5, 0.6) is 5.75 Å². The zero-order valence-electron chi connectivity index (χ0n) is 22.7. The van der Waals surface area contributed by atoms with Crippen molar-refractivity contribution in [2.24, 2.45) is 0 Å². The first kappa shape index (κ1) is 29.7. The van der Waals surface area contributed by atoms with Gasteiger partial charge in [0.1, 0.15) is 5.75 Å². The van der Waals surface area contributed by atoms with Gasteiger partial charge in [0.15, 0.2) is 0 Å². The van der Waals surface area contributed by atoms with Crippen molar-refractivity contribution in [3.05, 3.63) is 100 Å².